The number of rotatable bonds is 4. The minimum Gasteiger partial charge on any atom is -0.329 e. The Hall–Kier alpha value is -1.36. The largest absolute Gasteiger partial charge is 0.329 e. The Morgan fingerprint density at radius 1 is 1.17 bits per heavy atom. The molecule has 0 aliphatic heterocycles. The fraction of sp³-hybridized carbons (Fsp3) is 0.214. The lowest BCUT2D eigenvalue weighted by Gasteiger charge is -2.10. The van der Waals surface area contributed by atoms with Crippen LogP contribution in [0.15, 0.2) is 47.4 Å². The van der Waals surface area contributed by atoms with Gasteiger partial charge in [0, 0.05) is 17.0 Å². The van der Waals surface area contributed by atoms with Gasteiger partial charge in [0.05, 0.1) is 17.4 Å². The van der Waals surface area contributed by atoms with Crippen molar-refractivity contribution in [2.24, 2.45) is 11.5 Å². The van der Waals surface area contributed by atoms with E-state index in [2.05, 4.69) is 35.5 Å². The van der Waals surface area contributed by atoms with Crippen LogP contribution in [0.5, 0.6) is 0 Å². The minimum absolute atomic E-state index is 0.199. The van der Waals surface area contributed by atoms with E-state index in [-0.39, 0.29) is 6.04 Å². The fourth-order valence-electron chi connectivity index (χ4n) is 1.70. The summed E-state index contributed by atoms with van der Waals surface area (Å²) >= 11 is 1.73. The first-order valence-electron chi connectivity index (χ1n) is 5.81. The summed E-state index contributed by atoms with van der Waals surface area (Å²) in [5, 5.41) is 0. The van der Waals surface area contributed by atoms with Gasteiger partial charge in [-0.25, -0.2) is 0 Å². The topological polar surface area (TPSA) is 64.9 Å². The molecule has 0 fully saturated rings. The third-order valence-corrected chi connectivity index (χ3v) is 3.53. The number of nitrogens with two attached hydrogens (primary N) is 2. The van der Waals surface area contributed by atoms with Crippen molar-refractivity contribution < 1.29 is 0 Å². The van der Waals surface area contributed by atoms with Crippen molar-refractivity contribution in [1.29, 1.82) is 0 Å². The van der Waals surface area contributed by atoms with E-state index in [1.54, 1.807) is 11.8 Å². The van der Waals surface area contributed by atoms with Crippen molar-refractivity contribution in [2.45, 2.75) is 10.9 Å². The molecule has 0 saturated carbocycles. The van der Waals surface area contributed by atoms with Crippen molar-refractivity contribution in [2.75, 3.05) is 12.8 Å². The van der Waals surface area contributed by atoms with E-state index in [1.807, 2.05) is 18.2 Å². The Bertz CT molecular complexity index is 511. The van der Waals surface area contributed by atoms with Gasteiger partial charge in [-0.3, -0.25) is 4.98 Å². The quantitative estimate of drug-likeness (QED) is 0.828. The summed E-state index contributed by atoms with van der Waals surface area (Å²) in [5.41, 5.74) is 14.3. The molecule has 0 saturated heterocycles. The number of benzene rings is 1. The average molecular weight is 259 g/mol. The minimum atomic E-state index is -0.199. The zero-order valence-corrected chi connectivity index (χ0v) is 11.2. The standard InChI is InChI=1S/C14H17N3S/c1-18-11-7-5-10(6-8-11)13-3-2-4-14(17-13)12(16)9-15/h2-8,12H,9,15-16H2,1H3. The molecule has 1 unspecified atom stereocenters. The molecule has 0 aliphatic carbocycles. The molecule has 1 atom stereocenters. The summed E-state index contributed by atoms with van der Waals surface area (Å²) in [5.74, 6) is 0. The third kappa shape index (κ3) is 2.90. The molecule has 4 N–H and O–H groups in total. The molecule has 0 aliphatic rings. The van der Waals surface area contributed by atoms with Crippen LogP contribution in [0.25, 0.3) is 11.3 Å². The summed E-state index contributed by atoms with van der Waals surface area (Å²) in [4.78, 5) is 5.80. The van der Waals surface area contributed by atoms with Gasteiger partial charge in [-0.2, -0.15) is 0 Å². The second-order valence-electron chi connectivity index (χ2n) is 4.02. The SMILES string of the molecule is CSc1ccc(-c2cccc(C(N)CN)n2)cc1. The zero-order valence-electron chi connectivity index (χ0n) is 10.3. The van der Waals surface area contributed by atoms with Crippen LogP contribution in [0.2, 0.25) is 0 Å². The number of hydrogen-bond acceptors (Lipinski definition) is 4. The maximum atomic E-state index is 5.90. The van der Waals surface area contributed by atoms with Gasteiger partial charge in [-0.05, 0) is 30.5 Å². The van der Waals surface area contributed by atoms with Gasteiger partial charge < -0.3 is 11.5 Å². The number of aromatic nitrogens is 1. The van der Waals surface area contributed by atoms with E-state index in [1.165, 1.54) is 4.90 Å². The van der Waals surface area contributed by atoms with Crippen LogP contribution < -0.4 is 11.5 Å². The van der Waals surface area contributed by atoms with Crippen LogP contribution >= 0.6 is 11.8 Å². The molecule has 4 heteroatoms. The molecule has 1 aromatic heterocycles. The van der Waals surface area contributed by atoms with Gasteiger partial charge >= 0.3 is 0 Å². The molecule has 0 amide bonds. The van der Waals surface area contributed by atoms with Gasteiger partial charge in [0.2, 0.25) is 0 Å². The number of nitrogens with zero attached hydrogens (tertiary/aromatic N) is 1. The second kappa shape index (κ2) is 6.00. The van der Waals surface area contributed by atoms with E-state index >= 15 is 0 Å². The Morgan fingerprint density at radius 3 is 2.50 bits per heavy atom. The van der Waals surface area contributed by atoms with E-state index < -0.39 is 0 Å². The van der Waals surface area contributed by atoms with Crippen LogP contribution in [0.1, 0.15) is 11.7 Å². The van der Waals surface area contributed by atoms with Crippen molar-refractivity contribution in [3.63, 3.8) is 0 Å². The Labute approximate surface area is 112 Å². The van der Waals surface area contributed by atoms with Crippen LogP contribution in [-0.4, -0.2) is 17.8 Å². The monoisotopic (exact) mass is 259 g/mol. The lowest BCUT2D eigenvalue weighted by molar-refractivity contribution is 0.712. The van der Waals surface area contributed by atoms with Gasteiger partial charge in [-0.1, -0.05) is 18.2 Å². The lowest BCUT2D eigenvalue weighted by atomic mass is 10.1. The molecule has 2 aromatic rings. The third-order valence-electron chi connectivity index (χ3n) is 2.79. The van der Waals surface area contributed by atoms with Crippen LogP contribution in [-0.2, 0) is 0 Å². The molecule has 1 aromatic carbocycles. The van der Waals surface area contributed by atoms with Gasteiger partial charge in [0.25, 0.3) is 0 Å². The van der Waals surface area contributed by atoms with Crippen LogP contribution in [0, 0.1) is 0 Å². The lowest BCUT2D eigenvalue weighted by Crippen LogP contribution is -2.21. The van der Waals surface area contributed by atoms with E-state index in [9.17, 15) is 0 Å². The molecular formula is C14H17N3S. The molecule has 0 bridgehead atoms. The van der Waals surface area contributed by atoms with Crippen LogP contribution in [0.3, 0.4) is 0 Å². The molecule has 1 heterocycles. The average Bonchev–Trinajstić information content (AvgIpc) is 2.46. The highest BCUT2D eigenvalue weighted by Crippen LogP contribution is 2.22. The normalized spacial score (nSPS) is 12.4. The fourth-order valence-corrected chi connectivity index (χ4v) is 2.11. The van der Waals surface area contributed by atoms with Crippen LogP contribution in [0.4, 0.5) is 0 Å². The summed E-state index contributed by atoms with van der Waals surface area (Å²) < 4.78 is 0. The van der Waals surface area contributed by atoms with E-state index in [0.717, 1.165) is 17.0 Å². The molecule has 18 heavy (non-hydrogen) atoms. The molecule has 3 nitrogen and oxygen atoms in total. The van der Waals surface area contributed by atoms with Crippen molar-refractivity contribution in [3.8, 4) is 11.3 Å². The number of hydrogen-bond donors (Lipinski definition) is 2. The highest BCUT2D eigenvalue weighted by Gasteiger charge is 2.06. The molecule has 0 radical (unpaired) electrons. The molecular weight excluding hydrogens is 242 g/mol. The highest BCUT2D eigenvalue weighted by molar-refractivity contribution is 7.98. The summed E-state index contributed by atoms with van der Waals surface area (Å²) in [6.45, 7) is 0.405. The smallest absolute Gasteiger partial charge is 0.0706 e. The summed E-state index contributed by atoms with van der Waals surface area (Å²) in [6, 6.07) is 14.0. The van der Waals surface area contributed by atoms with Crippen molar-refractivity contribution in [3.05, 3.63) is 48.2 Å². The van der Waals surface area contributed by atoms with Crippen molar-refractivity contribution >= 4 is 11.8 Å². The summed E-state index contributed by atoms with van der Waals surface area (Å²) in [6.07, 6.45) is 2.06. The summed E-state index contributed by atoms with van der Waals surface area (Å²) in [7, 11) is 0. The predicted molar refractivity (Wildman–Crippen MR) is 77.4 cm³/mol. The maximum absolute atomic E-state index is 5.90. The number of thioether (sulfide) groups is 1. The molecule has 94 valence electrons. The first-order valence-corrected chi connectivity index (χ1v) is 7.04. The maximum Gasteiger partial charge on any atom is 0.0706 e. The number of pyridine rings is 1. The Morgan fingerprint density at radius 2 is 1.89 bits per heavy atom. The van der Waals surface area contributed by atoms with E-state index in [4.69, 9.17) is 11.5 Å². The van der Waals surface area contributed by atoms with E-state index in [0.29, 0.717) is 6.54 Å². The molecule has 0 spiro atoms. The first kappa shape index (κ1) is 13.1. The second-order valence-corrected chi connectivity index (χ2v) is 4.90. The van der Waals surface area contributed by atoms with Gasteiger partial charge in [0.15, 0.2) is 0 Å². The zero-order chi connectivity index (χ0) is 13.0. The van der Waals surface area contributed by atoms with Crippen molar-refractivity contribution in [1.82, 2.24) is 4.98 Å². The Kier molecular flexibility index (Phi) is 4.36. The Balaban J connectivity index is 2.32. The van der Waals surface area contributed by atoms with Gasteiger partial charge in [-0.15, -0.1) is 11.8 Å². The molecule has 2 rings (SSSR count). The first-order chi connectivity index (χ1) is 8.74. The predicted octanol–water partition coefficient (Wildman–Crippen LogP) is 2.43. The highest BCUT2D eigenvalue weighted by atomic mass is 32.2. The van der Waals surface area contributed by atoms with Gasteiger partial charge in [0.1, 0.15) is 0 Å².